The van der Waals surface area contributed by atoms with Gasteiger partial charge in [0.15, 0.2) is 0 Å². The third kappa shape index (κ3) is 4.52. The fourth-order valence-corrected chi connectivity index (χ4v) is 1.95. The minimum atomic E-state index is -0.0441. The van der Waals surface area contributed by atoms with E-state index in [2.05, 4.69) is 10.3 Å². The van der Waals surface area contributed by atoms with Gasteiger partial charge in [0.05, 0.1) is 13.4 Å². The van der Waals surface area contributed by atoms with E-state index in [0.29, 0.717) is 17.7 Å². The van der Waals surface area contributed by atoms with Crippen molar-refractivity contribution in [2.75, 3.05) is 7.11 Å². The fraction of sp³-hybridized carbons (Fsp3) is 0.333. The van der Waals surface area contributed by atoms with E-state index in [4.69, 9.17) is 4.74 Å². The first-order valence-corrected chi connectivity index (χ1v) is 6.77. The van der Waals surface area contributed by atoms with Crippen molar-refractivity contribution in [3.05, 3.63) is 42.5 Å². The summed E-state index contributed by atoms with van der Waals surface area (Å²) in [5, 5.41) is 12.5. The summed E-state index contributed by atoms with van der Waals surface area (Å²) >= 11 is 0. The number of rotatable bonds is 7. The summed E-state index contributed by atoms with van der Waals surface area (Å²) in [6.45, 7) is 1.05. The van der Waals surface area contributed by atoms with E-state index in [-0.39, 0.29) is 18.2 Å². The number of nitrogens with zero attached hydrogens (tertiary/aromatic N) is 2. The molecule has 0 fully saturated rings. The van der Waals surface area contributed by atoms with Crippen LogP contribution in [0.2, 0.25) is 0 Å². The molecular weight excluding hydrogens is 270 g/mol. The van der Waals surface area contributed by atoms with E-state index < -0.39 is 0 Å². The molecule has 0 aliphatic rings. The molecule has 0 saturated heterocycles. The third-order valence-electron chi connectivity index (χ3n) is 3.14. The number of nitrogens with one attached hydrogen (secondary N) is 1. The van der Waals surface area contributed by atoms with Crippen molar-refractivity contribution in [1.82, 2.24) is 14.9 Å². The average molecular weight is 289 g/mol. The van der Waals surface area contributed by atoms with Crippen LogP contribution in [0.4, 0.5) is 0 Å². The van der Waals surface area contributed by atoms with E-state index in [1.54, 1.807) is 37.8 Å². The Hall–Kier alpha value is -2.50. The molecule has 0 spiro atoms. The van der Waals surface area contributed by atoms with Crippen LogP contribution in [0.5, 0.6) is 11.5 Å². The number of imidazole rings is 1. The maximum atomic E-state index is 11.8. The lowest BCUT2D eigenvalue weighted by Crippen LogP contribution is -2.22. The number of aryl methyl sites for hydroxylation is 1. The lowest BCUT2D eigenvalue weighted by Gasteiger charge is -2.09. The van der Waals surface area contributed by atoms with Gasteiger partial charge in [0.25, 0.3) is 0 Å². The van der Waals surface area contributed by atoms with Crippen molar-refractivity contribution in [3.63, 3.8) is 0 Å². The van der Waals surface area contributed by atoms with Crippen LogP contribution in [-0.4, -0.2) is 27.7 Å². The quantitative estimate of drug-likeness (QED) is 0.813. The average Bonchev–Trinajstić information content (AvgIpc) is 3.00. The molecule has 1 amide bonds. The number of phenols is 1. The van der Waals surface area contributed by atoms with Crippen molar-refractivity contribution in [3.8, 4) is 11.5 Å². The Morgan fingerprint density at radius 3 is 3.05 bits per heavy atom. The van der Waals surface area contributed by atoms with Gasteiger partial charge in [0, 0.05) is 37.5 Å². The number of hydrogen-bond acceptors (Lipinski definition) is 4. The van der Waals surface area contributed by atoms with E-state index in [1.807, 2.05) is 10.8 Å². The predicted octanol–water partition coefficient (Wildman–Crippen LogP) is 1.69. The summed E-state index contributed by atoms with van der Waals surface area (Å²) in [6, 6.07) is 4.94. The smallest absolute Gasteiger partial charge is 0.220 e. The monoisotopic (exact) mass is 289 g/mol. The summed E-state index contributed by atoms with van der Waals surface area (Å²) < 4.78 is 7.02. The molecule has 112 valence electrons. The molecule has 0 aliphatic heterocycles. The van der Waals surface area contributed by atoms with Crippen molar-refractivity contribution in [2.24, 2.45) is 0 Å². The minimum Gasteiger partial charge on any atom is -0.508 e. The van der Waals surface area contributed by atoms with Gasteiger partial charge in [-0.3, -0.25) is 4.79 Å². The molecule has 1 aromatic carbocycles. The van der Waals surface area contributed by atoms with Gasteiger partial charge in [-0.1, -0.05) is 0 Å². The third-order valence-corrected chi connectivity index (χ3v) is 3.14. The van der Waals surface area contributed by atoms with Gasteiger partial charge in [-0.2, -0.15) is 0 Å². The molecule has 0 radical (unpaired) electrons. The zero-order valence-corrected chi connectivity index (χ0v) is 12.0. The lowest BCUT2D eigenvalue weighted by molar-refractivity contribution is -0.121. The van der Waals surface area contributed by atoms with Gasteiger partial charge in [-0.05, 0) is 24.6 Å². The number of carbonyl (C=O) groups excluding carboxylic acids is 1. The second-order valence-electron chi connectivity index (χ2n) is 4.68. The molecule has 1 aromatic heterocycles. The minimum absolute atomic E-state index is 0.0441. The van der Waals surface area contributed by atoms with Crippen LogP contribution in [-0.2, 0) is 17.9 Å². The highest BCUT2D eigenvalue weighted by molar-refractivity contribution is 5.75. The van der Waals surface area contributed by atoms with Gasteiger partial charge in [0.1, 0.15) is 11.5 Å². The summed E-state index contributed by atoms with van der Waals surface area (Å²) in [4.78, 5) is 15.7. The van der Waals surface area contributed by atoms with Crippen molar-refractivity contribution in [1.29, 1.82) is 0 Å². The second-order valence-corrected chi connectivity index (χ2v) is 4.68. The van der Waals surface area contributed by atoms with Crippen LogP contribution >= 0.6 is 0 Å². The zero-order chi connectivity index (χ0) is 15.1. The highest BCUT2D eigenvalue weighted by Crippen LogP contribution is 2.22. The van der Waals surface area contributed by atoms with Gasteiger partial charge >= 0.3 is 0 Å². The van der Waals surface area contributed by atoms with Gasteiger partial charge in [-0.25, -0.2) is 4.98 Å². The maximum Gasteiger partial charge on any atom is 0.220 e. The Balaban J connectivity index is 1.75. The molecule has 1 heterocycles. The Labute approximate surface area is 123 Å². The molecule has 21 heavy (non-hydrogen) atoms. The van der Waals surface area contributed by atoms with Crippen LogP contribution in [0.15, 0.2) is 36.9 Å². The van der Waals surface area contributed by atoms with Crippen LogP contribution in [0.3, 0.4) is 0 Å². The Kier molecular flexibility index (Phi) is 5.20. The first-order chi connectivity index (χ1) is 10.2. The number of phenolic OH excluding ortho intramolecular Hbond substituents is 1. The van der Waals surface area contributed by atoms with E-state index >= 15 is 0 Å². The molecule has 2 N–H and O–H groups in total. The second kappa shape index (κ2) is 7.33. The van der Waals surface area contributed by atoms with Crippen LogP contribution in [0, 0.1) is 0 Å². The Morgan fingerprint density at radius 2 is 2.33 bits per heavy atom. The van der Waals surface area contributed by atoms with Gasteiger partial charge in [0.2, 0.25) is 5.91 Å². The number of hydrogen-bond donors (Lipinski definition) is 2. The number of methoxy groups -OCH3 is 1. The first-order valence-electron chi connectivity index (χ1n) is 6.77. The van der Waals surface area contributed by atoms with Gasteiger partial charge in [-0.15, -0.1) is 0 Å². The number of benzene rings is 1. The zero-order valence-electron chi connectivity index (χ0n) is 12.0. The number of ether oxygens (including phenoxy) is 1. The van der Waals surface area contributed by atoms with Crippen molar-refractivity contribution < 1.29 is 14.6 Å². The molecular formula is C15H19N3O3. The molecule has 2 rings (SSSR count). The largest absolute Gasteiger partial charge is 0.508 e. The van der Waals surface area contributed by atoms with Crippen LogP contribution in [0.25, 0.3) is 0 Å². The molecule has 2 aromatic rings. The molecule has 0 unspecified atom stereocenters. The van der Waals surface area contributed by atoms with Crippen LogP contribution < -0.4 is 10.1 Å². The molecule has 0 atom stereocenters. The Morgan fingerprint density at radius 1 is 1.48 bits per heavy atom. The van der Waals surface area contributed by atoms with E-state index in [0.717, 1.165) is 13.0 Å². The normalized spacial score (nSPS) is 10.3. The topological polar surface area (TPSA) is 76.4 Å². The SMILES string of the molecule is COc1ccc(O)c(CNC(=O)CCCn2ccnc2)c1. The van der Waals surface area contributed by atoms with Crippen LogP contribution in [0.1, 0.15) is 18.4 Å². The van der Waals surface area contributed by atoms with Gasteiger partial charge < -0.3 is 19.7 Å². The number of carbonyl (C=O) groups is 1. The number of aromatic hydroxyl groups is 1. The van der Waals surface area contributed by atoms with Crippen molar-refractivity contribution in [2.45, 2.75) is 25.9 Å². The molecule has 0 saturated carbocycles. The lowest BCUT2D eigenvalue weighted by atomic mass is 10.2. The first kappa shape index (κ1) is 14.9. The summed E-state index contributed by atoms with van der Waals surface area (Å²) in [5.74, 6) is 0.754. The molecule has 6 nitrogen and oxygen atoms in total. The van der Waals surface area contributed by atoms with E-state index in [1.165, 1.54) is 0 Å². The molecule has 0 aliphatic carbocycles. The number of amides is 1. The number of aromatic nitrogens is 2. The summed E-state index contributed by atoms with van der Waals surface area (Å²) in [7, 11) is 1.56. The van der Waals surface area contributed by atoms with E-state index in [9.17, 15) is 9.90 Å². The maximum absolute atomic E-state index is 11.8. The van der Waals surface area contributed by atoms with Crippen molar-refractivity contribution >= 4 is 5.91 Å². The summed E-state index contributed by atoms with van der Waals surface area (Å²) in [6.07, 6.45) is 6.49. The standard InChI is InChI=1S/C15H19N3O3/c1-21-13-4-5-14(19)12(9-13)10-17-15(20)3-2-7-18-8-6-16-11-18/h4-6,8-9,11,19H,2-3,7,10H2,1H3,(H,17,20). The highest BCUT2D eigenvalue weighted by atomic mass is 16.5. The highest BCUT2D eigenvalue weighted by Gasteiger charge is 2.06. The fourth-order valence-electron chi connectivity index (χ4n) is 1.95. The molecule has 0 bridgehead atoms. The molecule has 6 heteroatoms. The Bertz CT molecular complexity index is 582. The predicted molar refractivity (Wildman–Crippen MR) is 78.0 cm³/mol. The summed E-state index contributed by atoms with van der Waals surface area (Å²) in [5.41, 5.74) is 0.636.